The minimum atomic E-state index is -0.297. The Labute approximate surface area is 180 Å². The van der Waals surface area contributed by atoms with E-state index in [0.717, 1.165) is 43.7 Å². The van der Waals surface area contributed by atoms with Crippen molar-refractivity contribution < 1.29 is 0 Å². The lowest BCUT2D eigenvalue weighted by Crippen LogP contribution is -2.25. The third kappa shape index (κ3) is 2.12. The summed E-state index contributed by atoms with van der Waals surface area (Å²) in [7, 11) is 0. The fraction of sp³-hybridized carbons (Fsp3) is 0.0370. The topological polar surface area (TPSA) is 64.8 Å². The third-order valence-electron chi connectivity index (χ3n) is 6.36. The monoisotopic (exact) mass is 413 g/mol. The van der Waals surface area contributed by atoms with Gasteiger partial charge in [-0.1, -0.05) is 66.7 Å². The summed E-state index contributed by atoms with van der Waals surface area (Å²) in [6.45, 7) is 0.225. The molecule has 5 heteroatoms. The van der Waals surface area contributed by atoms with E-state index >= 15 is 0 Å². The molecule has 0 aliphatic rings. The number of rotatable bonds is 2. The summed E-state index contributed by atoms with van der Waals surface area (Å²) < 4.78 is 1.33. The normalized spacial score (nSPS) is 12.1. The molecule has 3 aromatic heterocycles. The molecule has 0 bridgehead atoms. The van der Waals surface area contributed by atoms with Crippen LogP contribution in [0.2, 0.25) is 0 Å². The number of hydrogen-bond donors (Lipinski definition) is 0. The van der Waals surface area contributed by atoms with Gasteiger partial charge in [-0.05, 0) is 17.7 Å². The Morgan fingerprint density at radius 3 is 1.78 bits per heavy atom. The summed E-state index contributed by atoms with van der Waals surface area (Å²) in [5.41, 5.74) is 3.22. The summed E-state index contributed by atoms with van der Waals surface area (Å²) in [6, 6.07) is 25.2. The summed E-state index contributed by atoms with van der Waals surface area (Å²) >= 11 is 0. The van der Waals surface area contributed by atoms with Gasteiger partial charge in [0.25, 0.3) is 11.1 Å². The molecule has 0 saturated carbocycles. The number of para-hydroxylation sites is 2. The number of aromatic nitrogens is 3. The van der Waals surface area contributed by atoms with Crippen LogP contribution in [0, 0.1) is 0 Å². The summed E-state index contributed by atoms with van der Waals surface area (Å²) in [5.74, 6) is 0. The van der Waals surface area contributed by atoms with Crippen LogP contribution >= 0.6 is 0 Å². The zero-order chi connectivity index (χ0) is 21.4. The van der Waals surface area contributed by atoms with Crippen LogP contribution in [0.4, 0.5) is 0 Å². The summed E-state index contributed by atoms with van der Waals surface area (Å²) in [6.07, 6.45) is 0. The highest BCUT2D eigenvalue weighted by Crippen LogP contribution is 2.39. The first kappa shape index (κ1) is 17.3. The number of nitrogens with zero attached hydrogens (tertiary/aromatic N) is 3. The van der Waals surface area contributed by atoms with E-state index in [1.165, 1.54) is 4.57 Å². The SMILES string of the molecule is O=c1c2c3nc4ccccc4c3c3nc4ccccc4c3c2c(=O)n1Cc1ccccc1. The van der Waals surface area contributed by atoms with Crippen molar-refractivity contribution >= 4 is 54.4 Å². The predicted molar refractivity (Wildman–Crippen MR) is 128 cm³/mol. The fourth-order valence-electron chi connectivity index (χ4n) is 4.96. The van der Waals surface area contributed by atoms with E-state index in [9.17, 15) is 9.59 Å². The Balaban J connectivity index is 1.76. The average Bonchev–Trinajstić information content (AvgIpc) is 3.46. The van der Waals surface area contributed by atoms with Gasteiger partial charge in [-0.2, -0.15) is 0 Å². The number of hydrogen-bond acceptors (Lipinski definition) is 4. The van der Waals surface area contributed by atoms with Crippen LogP contribution in [0.15, 0.2) is 88.5 Å². The Morgan fingerprint density at radius 1 is 0.562 bits per heavy atom. The van der Waals surface area contributed by atoms with Gasteiger partial charge in [-0.3, -0.25) is 14.2 Å². The Morgan fingerprint density at radius 2 is 1.09 bits per heavy atom. The van der Waals surface area contributed by atoms with E-state index in [0.29, 0.717) is 16.3 Å². The zero-order valence-corrected chi connectivity index (χ0v) is 16.9. The van der Waals surface area contributed by atoms with Crippen LogP contribution < -0.4 is 11.1 Å². The van der Waals surface area contributed by atoms with Crippen molar-refractivity contribution in [2.75, 3.05) is 0 Å². The van der Waals surface area contributed by atoms with Crippen molar-refractivity contribution in [3.05, 3.63) is 105 Å². The molecule has 7 rings (SSSR count). The molecule has 0 atom stereocenters. The maximum absolute atomic E-state index is 13.7. The quantitative estimate of drug-likeness (QED) is 0.413. The van der Waals surface area contributed by atoms with E-state index in [-0.39, 0.29) is 17.7 Å². The van der Waals surface area contributed by atoms with E-state index in [1.54, 1.807) is 0 Å². The molecule has 0 aliphatic carbocycles. The van der Waals surface area contributed by atoms with E-state index < -0.39 is 0 Å². The first-order valence-electron chi connectivity index (χ1n) is 10.5. The van der Waals surface area contributed by atoms with Gasteiger partial charge in [0.2, 0.25) is 0 Å². The van der Waals surface area contributed by atoms with Crippen molar-refractivity contribution in [3.8, 4) is 0 Å². The van der Waals surface area contributed by atoms with E-state index in [4.69, 9.17) is 9.97 Å². The summed E-state index contributed by atoms with van der Waals surface area (Å²) in [4.78, 5) is 37.0. The van der Waals surface area contributed by atoms with Crippen LogP contribution in [-0.2, 0) is 6.54 Å². The molecular weight excluding hydrogens is 398 g/mol. The van der Waals surface area contributed by atoms with Gasteiger partial charge in [0.05, 0.1) is 39.4 Å². The van der Waals surface area contributed by atoms with E-state index in [1.807, 2.05) is 78.9 Å². The van der Waals surface area contributed by atoms with Gasteiger partial charge in [0.1, 0.15) is 0 Å². The second-order valence-electron chi connectivity index (χ2n) is 8.14. The smallest absolute Gasteiger partial charge is 0.264 e. The summed E-state index contributed by atoms with van der Waals surface area (Å²) in [5, 5.41) is 4.23. The molecule has 0 amide bonds. The molecule has 32 heavy (non-hydrogen) atoms. The molecule has 0 aliphatic heterocycles. The lowest BCUT2D eigenvalue weighted by Gasteiger charge is -2.00. The van der Waals surface area contributed by atoms with Crippen molar-refractivity contribution in [3.63, 3.8) is 0 Å². The molecule has 0 saturated heterocycles. The highest BCUT2D eigenvalue weighted by atomic mass is 16.2. The molecule has 0 fully saturated rings. The van der Waals surface area contributed by atoms with Crippen LogP contribution in [0.25, 0.3) is 54.4 Å². The van der Waals surface area contributed by atoms with Crippen molar-refractivity contribution in [1.82, 2.24) is 14.5 Å². The highest BCUT2D eigenvalue weighted by Gasteiger charge is 2.25. The van der Waals surface area contributed by atoms with Crippen molar-refractivity contribution in [1.29, 1.82) is 0 Å². The van der Waals surface area contributed by atoms with E-state index in [2.05, 4.69) is 0 Å². The first-order valence-corrected chi connectivity index (χ1v) is 10.5. The largest absolute Gasteiger partial charge is 0.270 e. The molecule has 0 N–H and O–H groups in total. The molecule has 0 unspecified atom stereocenters. The maximum atomic E-state index is 13.7. The molecule has 3 heterocycles. The number of fused-ring (bicyclic) bond motifs is 10. The van der Waals surface area contributed by atoms with Crippen LogP contribution in [0.1, 0.15) is 5.56 Å². The lowest BCUT2D eigenvalue weighted by molar-refractivity contribution is 0.755. The Kier molecular flexibility index (Phi) is 3.29. The number of benzene rings is 4. The standard InChI is InChI=1S/C27H15N3O2/c31-26-22-20-16-10-4-6-12-18(16)28-24(20)21-17-11-5-7-13-19(17)29-25(21)23(22)27(32)30(26)14-15-8-2-1-3-9-15/h1-13H,14H2. The Bertz CT molecular complexity index is 1940. The fourth-order valence-corrected chi connectivity index (χ4v) is 4.96. The second-order valence-corrected chi connectivity index (χ2v) is 8.14. The highest BCUT2D eigenvalue weighted by molar-refractivity contribution is 6.35. The van der Waals surface area contributed by atoms with Crippen LogP contribution in [-0.4, -0.2) is 14.5 Å². The lowest BCUT2D eigenvalue weighted by atomic mass is 10.0. The molecule has 0 spiro atoms. The van der Waals surface area contributed by atoms with Crippen LogP contribution in [0.5, 0.6) is 0 Å². The van der Waals surface area contributed by atoms with Gasteiger partial charge < -0.3 is 0 Å². The van der Waals surface area contributed by atoms with Gasteiger partial charge >= 0.3 is 0 Å². The molecular formula is C27H15N3O2. The zero-order valence-electron chi connectivity index (χ0n) is 16.9. The third-order valence-corrected chi connectivity index (χ3v) is 6.36. The molecule has 4 aromatic carbocycles. The average molecular weight is 413 g/mol. The first-order chi connectivity index (χ1) is 15.7. The van der Waals surface area contributed by atoms with Gasteiger partial charge in [-0.25, -0.2) is 9.97 Å². The Hall–Kier alpha value is -4.38. The van der Waals surface area contributed by atoms with Crippen LogP contribution in [0.3, 0.4) is 0 Å². The molecule has 150 valence electrons. The van der Waals surface area contributed by atoms with Gasteiger partial charge in [0.15, 0.2) is 0 Å². The molecule has 7 aromatic rings. The van der Waals surface area contributed by atoms with Gasteiger partial charge in [0, 0.05) is 21.5 Å². The second kappa shape index (κ2) is 6.08. The van der Waals surface area contributed by atoms with Gasteiger partial charge in [-0.15, -0.1) is 0 Å². The van der Waals surface area contributed by atoms with Crippen molar-refractivity contribution in [2.24, 2.45) is 0 Å². The van der Waals surface area contributed by atoms with Crippen molar-refractivity contribution in [2.45, 2.75) is 6.54 Å². The predicted octanol–water partition coefficient (Wildman–Crippen LogP) is 4.69. The molecule has 5 nitrogen and oxygen atoms in total. The maximum Gasteiger partial charge on any atom is 0.264 e. The minimum Gasteiger partial charge on any atom is -0.270 e. The minimum absolute atomic E-state index is 0.225. The molecule has 0 radical (unpaired) electrons.